The second-order valence-corrected chi connectivity index (χ2v) is 5.19. The lowest BCUT2D eigenvalue weighted by Gasteiger charge is -2.12. The fourth-order valence-electron chi connectivity index (χ4n) is 1.91. The molecule has 5 nitrogen and oxygen atoms in total. The van der Waals surface area contributed by atoms with Gasteiger partial charge in [-0.3, -0.25) is 0 Å². The Hall–Kier alpha value is -2.47. The molecule has 2 N–H and O–H groups in total. The van der Waals surface area contributed by atoms with Crippen LogP contribution in [0.15, 0.2) is 42.5 Å². The van der Waals surface area contributed by atoms with Gasteiger partial charge in [0.1, 0.15) is 23.9 Å². The molecule has 24 heavy (non-hydrogen) atoms. The zero-order chi connectivity index (χ0) is 17.4. The minimum atomic E-state index is -0.430. The van der Waals surface area contributed by atoms with E-state index in [1.807, 2.05) is 0 Å². The normalized spacial score (nSPS) is 10.1. The Morgan fingerprint density at radius 3 is 2.62 bits per heavy atom. The van der Waals surface area contributed by atoms with E-state index in [1.165, 1.54) is 18.2 Å². The number of hydrogen-bond donors (Lipinski definition) is 2. The van der Waals surface area contributed by atoms with Crippen LogP contribution in [0.1, 0.15) is 6.92 Å². The molecular weight excluding hydrogens is 335 g/mol. The minimum Gasteiger partial charge on any atom is -0.492 e. The molecular formula is C17H18ClFN2O3. The second-order valence-electron chi connectivity index (χ2n) is 4.76. The Balaban J connectivity index is 1.78. The van der Waals surface area contributed by atoms with Crippen molar-refractivity contribution < 1.29 is 18.7 Å². The summed E-state index contributed by atoms with van der Waals surface area (Å²) < 4.78 is 24.0. The molecule has 2 amide bonds. The number of carbonyl (C=O) groups excluding carboxylic acids is 1. The highest BCUT2D eigenvalue weighted by atomic mass is 35.5. The van der Waals surface area contributed by atoms with E-state index in [4.69, 9.17) is 21.1 Å². The van der Waals surface area contributed by atoms with Crippen molar-refractivity contribution in [3.05, 3.63) is 53.3 Å². The maximum Gasteiger partial charge on any atom is 0.319 e. The summed E-state index contributed by atoms with van der Waals surface area (Å²) >= 11 is 5.78. The van der Waals surface area contributed by atoms with Gasteiger partial charge in [0.15, 0.2) is 0 Å². The smallest absolute Gasteiger partial charge is 0.319 e. The number of rotatable bonds is 7. The molecule has 2 rings (SSSR count). The van der Waals surface area contributed by atoms with Crippen LogP contribution in [0.3, 0.4) is 0 Å². The van der Waals surface area contributed by atoms with E-state index in [0.717, 1.165) is 0 Å². The molecule has 0 bridgehead atoms. The number of halogens is 2. The highest BCUT2D eigenvalue weighted by Gasteiger charge is 2.08. The van der Waals surface area contributed by atoms with Crippen molar-refractivity contribution in [1.82, 2.24) is 5.32 Å². The molecule has 0 spiro atoms. The fourth-order valence-corrected chi connectivity index (χ4v) is 2.03. The van der Waals surface area contributed by atoms with Crippen LogP contribution in [0, 0.1) is 5.82 Å². The summed E-state index contributed by atoms with van der Waals surface area (Å²) in [5, 5.41) is 5.89. The minimum absolute atomic E-state index is 0.282. The monoisotopic (exact) mass is 352 g/mol. The van der Waals surface area contributed by atoms with Gasteiger partial charge >= 0.3 is 6.03 Å². The maximum atomic E-state index is 13.2. The Morgan fingerprint density at radius 2 is 1.92 bits per heavy atom. The number of carbonyl (C=O) groups is 1. The van der Waals surface area contributed by atoms with Gasteiger partial charge in [0.05, 0.1) is 18.8 Å². The molecule has 7 heteroatoms. The molecule has 128 valence electrons. The van der Waals surface area contributed by atoms with Crippen molar-refractivity contribution in [3.8, 4) is 11.5 Å². The first-order chi connectivity index (χ1) is 11.6. The summed E-state index contributed by atoms with van der Waals surface area (Å²) in [4.78, 5) is 11.9. The van der Waals surface area contributed by atoms with Crippen molar-refractivity contribution in [1.29, 1.82) is 0 Å². The number of anilines is 1. The Kier molecular flexibility index (Phi) is 6.69. The topological polar surface area (TPSA) is 59.6 Å². The van der Waals surface area contributed by atoms with E-state index in [-0.39, 0.29) is 5.75 Å². The van der Waals surface area contributed by atoms with Crippen molar-refractivity contribution >= 4 is 23.3 Å². The molecule has 0 aliphatic rings. The Bertz CT molecular complexity index is 680. The summed E-state index contributed by atoms with van der Waals surface area (Å²) in [7, 11) is 0. The van der Waals surface area contributed by atoms with Crippen LogP contribution in [0.5, 0.6) is 11.5 Å². The van der Waals surface area contributed by atoms with Gasteiger partial charge in [-0.05, 0) is 43.3 Å². The van der Waals surface area contributed by atoms with Crippen molar-refractivity contribution in [2.45, 2.75) is 6.92 Å². The van der Waals surface area contributed by atoms with Gasteiger partial charge in [-0.15, -0.1) is 0 Å². The molecule has 0 aliphatic carbocycles. The third-order valence-electron chi connectivity index (χ3n) is 2.96. The van der Waals surface area contributed by atoms with Gasteiger partial charge in [0, 0.05) is 11.1 Å². The highest BCUT2D eigenvalue weighted by Crippen LogP contribution is 2.25. The molecule has 0 fully saturated rings. The molecule has 0 saturated carbocycles. The Labute approximate surface area is 144 Å². The standard InChI is InChI=1S/C17H18ClFN2O3/c1-2-23-16-11-13(19)5-8-15(16)21-17(22)20-9-10-24-14-6-3-12(18)4-7-14/h3-8,11H,2,9-10H2,1H3,(H2,20,21,22). The summed E-state index contributed by atoms with van der Waals surface area (Å²) in [6.45, 7) is 2.76. The number of ether oxygens (including phenoxy) is 2. The van der Waals surface area contributed by atoms with Crippen LogP contribution in [-0.4, -0.2) is 25.8 Å². The number of benzene rings is 2. The van der Waals surface area contributed by atoms with Gasteiger partial charge in [-0.1, -0.05) is 11.6 Å². The number of urea groups is 1. The highest BCUT2D eigenvalue weighted by molar-refractivity contribution is 6.30. The molecule has 0 aliphatic heterocycles. The van der Waals surface area contributed by atoms with Crippen molar-refractivity contribution in [3.63, 3.8) is 0 Å². The summed E-state index contributed by atoms with van der Waals surface area (Å²) in [5.74, 6) is 0.518. The number of nitrogens with one attached hydrogen (secondary N) is 2. The summed E-state index contributed by atoms with van der Waals surface area (Å²) in [5.41, 5.74) is 0.398. The SMILES string of the molecule is CCOc1cc(F)ccc1NC(=O)NCCOc1ccc(Cl)cc1. The first kappa shape index (κ1) is 17.9. The quantitative estimate of drug-likeness (QED) is 0.738. The van der Waals surface area contributed by atoms with E-state index < -0.39 is 11.8 Å². The first-order valence-corrected chi connectivity index (χ1v) is 7.82. The predicted molar refractivity (Wildman–Crippen MR) is 91.5 cm³/mol. The van der Waals surface area contributed by atoms with Crippen LogP contribution in [0.4, 0.5) is 14.9 Å². The molecule has 2 aromatic rings. The van der Waals surface area contributed by atoms with E-state index >= 15 is 0 Å². The lowest BCUT2D eigenvalue weighted by molar-refractivity contribution is 0.247. The number of hydrogen-bond acceptors (Lipinski definition) is 3. The summed E-state index contributed by atoms with van der Waals surface area (Å²) in [6, 6.07) is 10.4. The third kappa shape index (κ3) is 5.62. The summed E-state index contributed by atoms with van der Waals surface area (Å²) in [6.07, 6.45) is 0. The average Bonchev–Trinajstić information content (AvgIpc) is 2.56. The first-order valence-electron chi connectivity index (χ1n) is 7.44. The van der Waals surface area contributed by atoms with Crippen LogP contribution in [0.25, 0.3) is 0 Å². The largest absolute Gasteiger partial charge is 0.492 e. The lowest BCUT2D eigenvalue weighted by Crippen LogP contribution is -2.32. The van der Waals surface area contributed by atoms with Crippen LogP contribution < -0.4 is 20.1 Å². The fraction of sp³-hybridized carbons (Fsp3) is 0.235. The van der Waals surface area contributed by atoms with Crippen LogP contribution >= 0.6 is 11.6 Å². The maximum absolute atomic E-state index is 13.2. The van der Waals surface area contributed by atoms with E-state index in [9.17, 15) is 9.18 Å². The molecule has 0 saturated heterocycles. The van der Waals surface area contributed by atoms with Crippen molar-refractivity contribution in [2.24, 2.45) is 0 Å². The predicted octanol–water partition coefficient (Wildman–Crippen LogP) is 4.08. The molecule has 0 radical (unpaired) electrons. The zero-order valence-electron chi connectivity index (χ0n) is 13.1. The van der Waals surface area contributed by atoms with Crippen molar-refractivity contribution in [2.75, 3.05) is 25.1 Å². The van der Waals surface area contributed by atoms with Gasteiger partial charge in [-0.25, -0.2) is 9.18 Å². The van der Waals surface area contributed by atoms with Gasteiger partial charge < -0.3 is 20.1 Å². The molecule has 2 aromatic carbocycles. The van der Waals surface area contributed by atoms with E-state index in [0.29, 0.717) is 36.2 Å². The van der Waals surface area contributed by atoms with Gasteiger partial charge in [0.25, 0.3) is 0 Å². The van der Waals surface area contributed by atoms with E-state index in [2.05, 4.69) is 10.6 Å². The van der Waals surface area contributed by atoms with Gasteiger partial charge in [0.2, 0.25) is 0 Å². The molecule has 0 atom stereocenters. The van der Waals surface area contributed by atoms with Crippen LogP contribution in [0.2, 0.25) is 5.02 Å². The Morgan fingerprint density at radius 1 is 1.17 bits per heavy atom. The van der Waals surface area contributed by atoms with Crippen LogP contribution in [-0.2, 0) is 0 Å². The lowest BCUT2D eigenvalue weighted by atomic mass is 10.3. The molecule has 0 unspecified atom stereocenters. The molecule has 0 aromatic heterocycles. The van der Waals surface area contributed by atoms with E-state index in [1.54, 1.807) is 31.2 Å². The number of amides is 2. The average molecular weight is 353 g/mol. The zero-order valence-corrected chi connectivity index (χ0v) is 13.9. The molecule has 0 heterocycles. The van der Waals surface area contributed by atoms with Gasteiger partial charge in [-0.2, -0.15) is 0 Å². The second kappa shape index (κ2) is 8.98. The third-order valence-corrected chi connectivity index (χ3v) is 3.21.